The molecule has 1 aliphatic heterocycles. The maximum atomic E-state index is 12.4. The summed E-state index contributed by atoms with van der Waals surface area (Å²) in [7, 11) is 0. The van der Waals surface area contributed by atoms with E-state index in [1.54, 1.807) is 16.8 Å². The third-order valence-corrected chi connectivity index (χ3v) is 1.95. The number of nitrogens with zero attached hydrogens (tertiary/aromatic N) is 2. The smallest absolute Gasteiger partial charge is 0.344 e. The Bertz CT molecular complexity index is 349. The van der Waals surface area contributed by atoms with Crippen molar-refractivity contribution < 1.29 is 13.2 Å². The zero-order valence-corrected chi connectivity index (χ0v) is 6.67. The minimum Gasteiger partial charge on any atom is -0.344 e. The number of hydrogen-bond donors (Lipinski definition) is 0. The van der Waals surface area contributed by atoms with Crippen LogP contribution in [0.15, 0.2) is 23.3 Å². The lowest BCUT2D eigenvalue weighted by Gasteiger charge is -2.17. The molecule has 0 aromatic carbocycles. The van der Waals surface area contributed by atoms with Crippen LogP contribution in [-0.4, -0.2) is 23.0 Å². The number of halogens is 3. The van der Waals surface area contributed by atoms with Crippen LogP contribution >= 0.6 is 0 Å². The fourth-order valence-electron chi connectivity index (χ4n) is 1.41. The van der Waals surface area contributed by atoms with Crippen molar-refractivity contribution in [2.75, 3.05) is 6.54 Å². The molecule has 5 heteroatoms. The minimum absolute atomic E-state index is 0.166. The largest absolute Gasteiger partial charge is 0.435 e. The van der Waals surface area contributed by atoms with Gasteiger partial charge in [0.05, 0.1) is 12.2 Å². The Labute approximate surface area is 72.7 Å². The van der Waals surface area contributed by atoms with Crippen molar-refractivity contribution in [2.45, 2.75) is 12.7 Å². The first-order valence-corrected chi connectivity index (χ1v) is 3.86. The molecule has 0 amide bonds. The van der Waals surface area contributed by atoms with Crippen LogP contribution in [0.2, 0.25) is 0 Å². The lowest BCUT2D eigenvalue weighted by Crippen LogP contribution is -2.30. The summed E-state index contributed by atoms with van der Waals surface area (Å²) in [6, 6.07) is 3.04. The van der Waals surface area contributed by atoms with Gasteiger partial charge in [-0.05, 0) is 12.1 Å². The summed E-state index contributed by atoms with van der Waals surface area (Å²) in [6.45, 7) is 0.735. The topological polar surface area (TPSA) is 17.3 Å². The average Bonchev–Trinajstić information content (AvgIpc) is 2.48. The van der Waals surface area contributed by atoms with Crippen molar-refractivity contribution >= 4 is 5.71 Å². The lowest BCUT2D eigenvalue weighted by atomic mass is 10.2. The molecule has 0 saturated heterocycles. The molecule has 0 atom stereocenters. The molecule has 0 bridgehead atoms. The van der Waals surface area contributed by atoms with E-state index in [-0.39, 0.29) is 12.2 Å². The molecule has 0 fully saturated rings. The predicted molar refractivity (Wildman–Crippen MR) is 41.9 cm³/mol. The van der Waals surface area contributed by atoms with Crippen LogP contribution in [0.4, 0.5) is 13.2 Å². The van der Waals surface area contributed by atoms with Crippen molar-refractivity contribution in [3.05, 3.63) is 24.0 Å². The van der Waals surface area contributed by atoms with Crippen molar-refractivity contribution in [3.63, 3.8) is 0 Å². The SMILES string of the molecule is FC(F)(F)C1=NCCn2cccc21. The van der Waals surface area contributed by atoms with E-state index in [2.05, 4.69) is 4.99 Å². The fraction of sp³-hybridized carbons (Fsp3) is 0.375. The molecule has 1 aromatic heterocycles. The Balaban J connectivity index is 2.47. The Hall–Kier alpha value is -1.26. The molecule has 0 unspecified atom stereocenters. The average molecular weight is 188 g/mol. The Morgan fingerprint density at radius 1 is 1.38 bits per heavy atom. The summed E-state index contributed by atoms with van der Waals surface area (Å²) in [4.78, 5) is 3.49. The summed E-state index contributed by atoms with van der Waals surface area (Å²) >= 11 is 0. The van der Waals surface area contributed by atoms with Gasteiger partial charge in [-0.2, -0.15) is 13.2 Å². The third-order valence-electron chi connectivity index (χ3n) is 1.95. The molecule has 0 aliphatic carbocycles. The number of aliphatic imine (C=N–C) groups is 1. The first-order chi connectivity index (χ1) is 6.09. The van der Waals surface area contributed by atoms with Gasteiger partial charge < -0.3 is 4.57 Å². The number of fused-ring (bicyclic) bond motifs is 1. The molecular formula is C8H7F3N2. The van der Waals surface area contributed by atoms with Gasteiger partial charge in [0, 0.05) is 12.7 Å². The second-order valence-electron chi connectivity index (χ2n) is 2.81. The summed E-state index contributed by atoms with van der Waals surface area (Å²) in [5, 5.41) is 0. The lowest BCUT2D eigenvalue weighted by molar-refractivity contribution is -0.0588. The first kappa shape index (κ1) is 8.34. The molecule has 0 N–H and O–H groups in total. The second kappa shape index (κ2) is 2.61. The van der Waals surface area contributed by atoms with E-state index in [9.17, 15) is 13.2 Å². The Morgan fingerprint density at radius 3 is 2.85 bits per heavy atom. The highest BCUT2D eigenvalue weighted by Gasteiger charge is 2.39. The Kier molecular flexibility index (Phi) is 1.68. The number of aromatic nitrogens is 1. The van der Waals surface area contributed by atoms with Crippen LogP contribution in [0.1, 0.15) is 5.69 Å². The van der Waals surface area contributed by atoms with Crippen LogP contribution in [0.25, 0.3) is 0 Å². The van der Waals surface area contributed by atoms with E-state index in [4.69, 9.17) is 0 Å². The van der Waals surface area contributed by atoms with Gasteiger partial charge in [-0.1, -0.05) is 0 Å². The zero-order valence-electron chi connectivity index (χ0n) is 6.67. The van der Waals surface area contributed by atoms with E-state index in [1.807, 2.05) is 0 Å². The molecule has 0 radical (unpaired) electrons. The van der Waals surface area contributed by atoms with Gasteiger partial charge in [-0.15, -0.1) is 0 Å². The molecule has 0 spiro atoms. The van der Waals surface area contributed by atoms with Gasteiger partial charge in [0.15, 0.2) is 5.71 Å². The molecule has 70 valence electrons. The summed E-state index contributed by atoms with van der Waals surface area (Å²) in [5.74, 6) is 0. The number of hydrogen-bond acceptors (Lipinski definition) is 1. The van der Waals surface area contributed by atoms with Crippen LogP contribution in [-0.2, 0) is 6.54 Å². The quantitative estimate of drug-likeness (QED) is 0.591. The highest BCUT2D eigenvalue weighted by molar-refractivity contribution is 6.03. The van der Waals surface area contributed by atoms with Crippen LogP contribution in [0.5, 0.6) is 0 Å². The van der Waals surface area contributed by atoms with Gasteiger partial charge in [0.25, 0.3) is 0 Å². The molecule has 1 aromatic rings. The van der Waals surface area contributed by atoms with E-state index in [1.165, 1.54) is 6.07 Å². The predicted octanol–water partition coefficient (Wildman–Crippen LogP) is 1.85. The van der Waals surface area contributed by atoms with Gasteiger partial charge in [0.2, 0.25) is 0 Å². The summed E-state index contributed by atoms with van der Waals surface area (Å²) in [5.41, 5.74) is -0.595. The molecule has 0 saturated carbocycles. The van der Waals surface area contributed by atoms with Crippen LogP contribution < -0.4 is 0 Å². The summed E-state index contributed by atoms with van der Waals surface area (Å²) in [6.07, 6.45) is -2.70. The van der Waals surface area contributed by atoms with E-state index in [0.717, 1.165) is 0 Å². The monoisotopic (exact) mass is 188 g/mol. The van der Waals surface area contributed by atoms with Gasteiger partial charge in [0.1, 0.15) is 0 Å². The van der Waals surface area contributed by atoms with Gasteiger partial charge in [-0.3, -0.25) is 4.99 Å². The molecule has 13 heavy (non-hydrogen) atoms. The molecule has 1 aliphatic rings. The normalized spacial score (nSPS) is 16.7. The van der Waals surface area contributed by atoms with Crippen LogP contribution in [0, 0.1) is 0 Å². The van der Waals surface area contributed by atoms with E-state index in [0.29, 0.717) is 6.54 Å². The zero-order chi connectivity index (χ0) is 9.47. The highest BCUT2D eigenvalue weighted by atomic mass is 19.4. The van der Waals surface area contributed by atoms with Gasteiger partial charge >= 0.3 is 6.18 Å². The second-order valence-corrected chi connectivity index (χ2v) is 2.81. The van der Waals surface area contributed by atoms with Crippen molar-refractivity contribution in [1.29, 1.82) is 0 Å². The fourth-order valence-corrected chi connectivity index (χ4v) is 1.41. The highest BCUT2D eigenvalue weighted by Crippen LogP contribution is 2.24. The Morgan fingerprint density at radius 2 is 2.15 bits per heavy atom. The third kappa shape index (κ3) is 1.34. The van der Waals surface area contributed by atoms with Gasteiger partial charge in [-0.25, -0.2) is 0 Å². The molecule has 2 heterocycles. The van der Waals surface area contributed by atoms with E-state index >= 15 is 0 Å². The van der Waals surface area contributed by atoms with Crippen molar-refractivity contribution in [3.8, 4) is 0 Å². The van der Waals surface area contributed by atoms with Crippen LogP contribution in [0.3, 0.4) is 0 Å². The minimum atomic E-state index is -4.34. The maximum absolute atomic E-state index is 12.4. The molecule has 2 rings (SSSR count). The standard InChI is InChI=1S/C8H7F3N2/c9-8(10,11)7-6-2-1-4-13(6)5-3-12-7/h1-2,4H,3,5H2. The maximum Gasteiger partial charge on any atom is 0.435 e. The molecular weight excluding hydrogens is 181 g/mol. The first-order valence-electron chi connectivity index (χ1n) is 3.86. The number of rotatable bonds is 0. The van der Waals surface area contributed by atoms with Crippen molar-refractivity contribution in [1.82, 2.24) is 4.57 Å². The number of alkyl halides is 3. The van der Waals surface area contributed by atoms with Crippen molar-refractivity contribution in [2.24, 2.45) is 4.99 Å². The molecule has 2 nitrogen and oxygen atoms in total. The summed E-state index contributed by atoms with van der Waals surface area (Å²) < 4.78 is 38.6. The van der Waals surface area contributed by atoms with E-state index < -0.39 is 11.9 Å².